The SMILES string of the molecule is CCOC(=O)CC(N)c1cccc(-c2c(C)cccc2C)c1. The summed E-state index contributed by atoms with van der Waals surface area (Å²) in [6.45, 7) is 6.39. The molecular weight excluding hydrogens is 274 g/mol. The molecular formula is C19H23NO2. The lowest BCUT2D eigenvalue weighted by molar-refractivity contribution is -0.143. The third-order valence-electron chi connectivity index (χ3n) is 3.78. The van der Waals surface area contributed by atoms with Gasteiger partial charge in [0.25, 0.3) is 0 Å². The van der Waals surface area contributed by atoms with Gasteiger partial charge >= 0.3 is 5.97 Å². The van der Waals surface area contributed by atoms with E-state index < -0.39 is 0 Å². The Hall–Kier alpha value is -2.13. The lowest BCUT2D eigenvalue weighted by Crippen LogP contribution is -2.17. The topological polar surface area (TPSA) is 52.3 Å². The molecule has 116 valence electrons. The molecule has 1 unspecified atom stereocenters. The molecule has 0 aliphatic heterocycles. The lowest BCUT2D eigenvalue weighted by Gasteiger charge is -2.15. The van der Waals surface area contributed by atoms with Gasteiger partial charge in [-0.3, -0.25) is 4.79 Å². The van der Waals surface area contributed by atoms with E-state index in [0.29, 0.717) is 6.61 Å². The molecule has 0 aliphatic rings. The summed E-state index contributed by atoms with van der Waals surface area (Å²) in [5, 5.41) is 0. The van der Waals surface area contributed by atoms with Gasteiger partial charge in [0.05, 0.1) is 13.0 Å². The average molecular weight is 297 g/mol. The maximum atomic E-state index is 11.6. The van der Waals surface area contributed by atoms with Crippen molar-refractivity contribution in [2.45, 2.75) is 33.2 Å². The molecule has 3 heteroatoms. The van der Waals surface area contributed by atoms with Crippen molar-refractivity contribution in [3.63, 3.8) is 0 Å². The fraction of sp³-hybridized carbons (Fsp3) is 0.316. The zero-order chi connectivity index (χ0) is 16.1. The van der Waals surface area contributed by atoms with Crippen LogP contribution in [0.25, 0.3) is 11.1 Å². The molecule has 1 atom stereocenters. The van der Waals surface area contributed by atoms with Crippen LogP contribution in [0.1, 0.15) is 36.1 Å². The van der Waals surface area contributed by atoms with Gasteiger partial charge in [-0.15, -0.1) is 0 Å². The molecule has 2 aromatic rings. The summed E-state index contributed by atoms with van der Waals surface area (Å²) in [5.74, 6) is -0.257. The molecule has 3 nitrogen and oxygen atoms in total. The molecule has 0 radical (unpaired) electrons. The molecule has 2 N–H and O–H groups in total. The van der Waals surface area contributed by atoms with Crippen LogP contribution in [0.2, 0.25) is 0 Å². The summed E-state index contributed by atoms with van der Waals surface area (Å²) in [6.07, 6.45) is 0.198. The highest BCUT2D eigenvalue weighted by atomic mass is 16.5. The number of carbonyl (C=O) groups is 1. The van der Waals surface area contributed by atoms with Crippen molar-refractivity contribution in [2.24, 2.45) is 5.73 Å². The predicted octanol–water partition coefficient (Wildman–Crippen LogP) is 3.92. The molecule has 2 aromatic carbocycles. The van der Waals surface area contributed by atoms with Crippen LogP contribution in [0, 0.1) is 13.8 Å². The molecule has 0 aromatic heterocycles. The molecule has 0 spiro atoms. The first-order chi connectivity index (χ1) is 10.5. The molecule has 0 heterocycles. The van der Waals surface area contributed by atoms with Crippen LogP contribution in [0.15, 0.2) is 42.5 Å². The maximum Gasteiger partial charge on any atom is 0.307 e. The monoisotopic (exact) mass is 297 g/mol. The minimum absolute atomic E-state index is 0.198. The van der Waals surface area contributed by atoms with Gasteiger partial charge in [0.1, 0.15) is 0 Å². The molecule has 0 saturated carbocycles. The fourth-order valence-electron chi connectivity index (χ4n) is 2.71. The highest BCUT2D eigenvalue weighted by Crippen LogP contribution is 2.29. The molecule has 2 rings (SSSR count). The summed E-state index contributed by atoms with van der Waals surface area (Å²) in [7, 11) is 0. The number of hydrogen-bond acceptors (Lipinski definition) is 3. The first kappa shape index (κ1) is 16.2. The van der Waals surface area contributed by atoms with Gasteiger partial charge in [-0.2, -0.15) is 0 Å². The smallest absolute Gasteiger partial charge is 0.307 e. The largest absolute Gasteiger partial charge is 0.466 e. The van der Waals surface area contributed by atoms with E-state index in [1.165, 1.54) is 16.7 Å². The van der Waals surface area contributed by atoms with Crippen LogP contribution < -0.4 is 5.73 Å². The highest BCUT2D eigenvalue weighted by molar-refractivity contribution is 5.73. The molecule has 0 fully saturated rings. The Morgan fingerprint density at radius 1 is 1.14 bits per heavy atom. The molecule has 0 saturated heterocycles. The van der Waals surface area contributed by atoms with E-state index in [0.717, 1.165) is 11.1 Å². The Labute approximate surface area is 132 Å². The zero-order valence-corrected chi connectivity index (χ0v) is 13.4. The minimum Gasteiger partial charge on any atom is -0.466 e. The van der Waals surface area contributed by atoms with Gasteiger partial charge in [-0.25, -0.2) is 0 Å². The van der Waals surface area contributed by atoms with Crippen molar-refractivity contribution < 1.29 is 9.53 Å². The van der Waals surface area contributed by atoms with Crippen molar-refractivity contribution in [2.75, 3.05) is 6.61 Å². The van der Waals surface area contributed by atoms with Crippen LogP contribution in [0.5, 0.6) is 0 Å². The molecule has 0 amide bonds. The number of rotatable bonds is 5. The summed E-state index contributed by atoms with van der Waals surface area (Å²) >= 11 is 0. The number of ether oxygens (including phenoxy) is 1. The molecule has 0 bridgehead atoms. The highest BCUT2D eigenvalue weighted by Gasteiger charge is 2.14. The van der Waals surface area contributed by atoms with Crippen LogP contribution in [-0.2, 0) is 9.53 Å². The Kier molecular flexibility index (Phi) is 5.34. The Morgan fingerprint density at radius 3 is 2.41 bits per heavy atom. The van der Waals surface area contributed by atoms with Crippen LogP contribution >= 0.6 is 0 Å². The number of aryl methyl sites for hydroxylation is 2. The van der Waals surface area contributed by atoms with Gasteiger partial charge in [-0.05, 0) is 54.7 Å². The van der Waals surface area contributed by atoms with Gasteiger partial charge < -0.3 is 10.5 Å². The minimum atomic E-state index is -0.344. The van der Waals surface area contributed by atoms with Crippen molar-refractivity contribution in [1.29, 1.82) is 0 Å². The van der Waals surface area contributed by atoms with E-state index in [1.54, 1.807) is 6.92 Å². The Balaban J connectivity index is 2.29. The van der Waals surface area contributed by atoms with Crippen molar-refractivity contribution in [3.8, 4) is 11.1 Å². The number of esters is 1. The second kappa shape index (κ2) is 7.23. The Morgan fingerprint density at radius 2 is 1.77 bits per heavy atom. The summed E-state index contributed by atoms with van der Waals surface area (Å²) in [5.41, 5.74) is 11.9. The number of benzene rings is 2. The lowest BCUT2D eigenvalue weighted by atomic mass is 9.93. The standard InChI is InChI=1S/C19H23NO2/c1-4-22-18(21)12-17(20)15-9-6-10-16(11-15)19-13(2)7-5-8-14(19)3/h5-11,17H,4,12,20H2,1-3H3. The number of nitrogens with two attached hydrogens (primary N) is 1. The molecule has 0 aliphatic carbocycles. The second-order valence-electron chi connectivity index (χ2n) is 5.51. The maximum absolute atomic E-state index is 11.6. The van der Waals surface area contributed by atoms with Gasteiger partial charge in [-0.1, -0.05) is 36.4 Å². The van der Waals surface area contributed by atoms with Crippen molar-refractivity contribution in [1.82, 2.24) is 0 Å². The summed E-state index contributed by atoms with van der Waals surface area (Å²) in [4.78, 5) is 11.6. The number of hydrogen-bond donors (Lipinski definition) is 1. The molecule has 22 heavy (non-hydrogen) atoms. The quantitative estimate of drug-likeness (QED) is 0.851. The van der Waals surface area contributed by atoms with E-state index in [2.05, 4.69) is 44.2 Å². The van der Waals surface area contributed by atoms with E-state index in [-0.39, 0.29) is 18.4 Å². The predicted molar refractivity (Wildman–Crippen MR) is 89.5 cm³/mol. The zero-order valence-electron chi connectivity index (χ0n) is 13.4. The van der Waals surface area contributed by atoms with Crippen LogP contribution in [0.3, 0.4) is 0 Å². The number of carbonyl (C=O) groups excluding carboxylic acids is 1. The van der Waals surface area contributed by atoms with Gasteiger partial charge in [0.15, 0.2) is 0 Å². The first-order valence-corrected chi connectivity index (χ1v) is 7.60. The van der Waals surface area contributed by atoms with E-state index in [9.17, 15) is 4.79 Å². The first-order valence-electron chi connectivity index (χ1n) is 7.60. The van der Waals surface area contributed by atoms with E-state index in [1.807, 2.05) is 12.1 Å². The Bertz CT molecular complexity index is 644. The van der Waals surface area contributed by atoms with Crippen LogP contribution in [0.4, 0.5) is 0 Å². The van der Waals surface area contributed by atoms with Gasteiger partial charge in [0, 0.05) is 6.04 Å². The van der Waals surface area contributed by atoms with E-state index >= 15 is 0 Å². The third-order valence-corrected chi connectivity index (χ3v) is 3.78. The van der Waals surface area contributed by atoms with Gasteiger partial charge in [0.2, 0.25) is 0 Å². The summed E-state index contributed by atoms with van der Waals surface area (Å²) < 4.78 is 4.97. The average Bonchev–Trinajstić information content (AvgIpc) is 2.47. The van der Waals surface area contributed by atoms with Crippen LogP contribution in [-0.4, -0.2) is 12.6 Å². The van der Waals surface area contributed by atoms with Crippen molar-refractivity contribution in [3.05, 3.63) is 59.2 Å². The van der Waals surface area contributed by atoms with Crippen molar-refractivity contribution >= 4 is 5.97 Å². The summed E-state index contributed by atoms with van der Waals surface area (Å²) in [6, 6.07) is 14.0. The normalized spacial score (nSPS) is 12.0. The fourth-order valence-corrected chi connectivity index (χ4v) is 2.71. The van der Waals surface area contributed by atoms with E-state index in [4.69, 9.17) is 10.5 Å². The second-order valence-corrected chi connectivity index (χ2v) is 5.51. The third kappa shape index (κ3) is 3.74.